The van der Waals surface area contributed by atoms with Crippen molar-refractivity contribution in [1.29, 1.82) is 0 Å². The van der Waals surface area contributed by atoms with Crippen LogP contribution in [0.15, 0.2) is 23.0 Å². The Morgan fingerprint density at radius 3 is 2.82 bits per heavy atom. The van der Waals surface area contributed by atoms with Crippen molar-refractivity contribution in [2.24, 2.45) is 5.73 Å². The predicted octanol–water partition coefficient (Wildman–Crippen LogP) is 0.746. The van der Waals surface area contributed by atoms with E-state index in [9.17, 15) is 4.79 Å². The van der Waals surface area contributed by atoms with E-state index in [0.29, 0.717) is 32.6 Å². The average molecular weight is 238 g/mol. The van der Waals surface area contributed by atoms with Crippen molar-refractivity contribution in [3.63, 3.8) is 0 Å². The number of nitrogens with zero attached hydrogens (tertiary/aromatic N) is 1. The van der Waals surface area contributed by atoms with Crippen LogP contribution in [0.5, 0.6) is 0 Å². The van der Waals surface area contributed by atoms with Gasteiger partial charge in [-0.25, -0.2) is 0 Å². The van der Waals surface area contributed by atoms with Crippen LogP contribution in [-0.2, 0) is 16.1 Å². The molecule has 94 valence electrons. The van der Waals surface area contributed by atoms with Crippen LogP contribution in [0.1, 0.15) is 18.4 Å². The van der Waals surface area contributed by atoms with Gasteiger partial charge in [-0.05, 0) is 18.9 Å². The van der Waals surface area contributed by atoms with Crippen LogP contribution < -0.4 is 5.73 Å². The van der Waals surface area contributed by atoms with E-state index in [0.717, 1.165) is 5.56 Å². The number of rotatable bonds is 3. The van der Waals surface area contributed by atoms with E-state index in [1.165, 1.54) is 0 Å². The van der Waals surface area contributed by atoms with Crippen molar-refractivity contribution in [2.45, 2.75) is 24.9 Å². The first kappa shape index (κ1) is 12.1. The first-order chi connectivity index (χ1) is 8.12. The predicted molar refractivity (Wildman–Crippen MR) is 62.2 cm³/mol. The summed E-state index contributed by atoms with van der Waals surface area (Å²) in [5, 5.41) is 0. The molecule has 1 aliphatic rings. The van der Waals surface area contributed by atoms with Gasteiger partial charge in [-0.3, -0.25) is 4.79 Å². The van der Waals surface area contributed by atoms with Crippen LogP contribution in [-0.4, -0.2) is 36.6 Å². The monoisotopic (exact) mass is 238 g/mol. The van der Waals surface area contributed by atoms with E-state index in [-0.39, 0.29) is 5.91 Å². The largest absolute Gasteiger partial charge is 0.472 e. The molecule has 0 spiro atoms. The number of hydrogen-bond acceptors (Lipinski definition) is 4. The Morgan fingerprint density at radius 2 is 2.24 bits per heavy atom. The highest BCUT2D eigenvalue weighted by atomic mass is 16.5. The van der Waals surface area contributed by atoms with Crippen molar-refractivity contribution < 1.29 is 13.9 Å². The van der Waals surface area contributed by atoms with Crippen LogP contribution in [0.2, 0.25) is 0 Å². The van der Waals surface area contributed by atoms with Gasteiger partial charge in [0.05, 0.1) is 18.1 Å². The fourth-order valence-corrected chi connectivity index (χ4v) is 2.06. The van der Waals surface area contributed by atoms with E-state index >= 15 is 0 Å². The summed E-state index contributed by atoms with van der Waals surface area (Å²) in [7, 11) is 1.76. The Labute approximate surface area is 101 Å². The van der Waals surface area contributed by atoms with Gasteiger partial charge in [-0.1, -0.05) is 0 Å². The SMILES string of the molecule is CN(Cc1ccoc1)C(=O)C1(N)CCOCC1. The Hall–Kier alpha value is -1.33. The summed E-state index contributed by atoms with van der Waals surface area (Å²) >= 11 is 0. The molecule has 0 radical (unpaired) electrons. The fraction of sp³-hybridized carbons (Fsp3) is 0.583. The lowest BCUT2D eigenvalue weighted by Crippen LogP contribution is -2.57. The van der Waals surface area contributed by atoms with Crippen molar-refractivity contribution in [2.75, 3.05) is 20.3 Å². The van der Waals surface area contributed by atoms with Crippen molar-refractivity contribution >= 4 is 5.91 Å². The van der Waals surface area contributed by atoms with Gasteiger partial charge in [0.1, 0.15) is 0 Å². The maximum absolute atomic E-state index is 12.3. The second-order valence-electron chi connectivity index (χ2n) is 4.56. The Bertz CT molecular complexity index is 369. The van der Waals surface area contributed by atoms with Crippen LogP contribution >= 0.6 is 0 Å². The Balaban J connectivity index is 1.98. The summed E-state index contributed by atoms with van der Waals surface area (Å²) in [4.78, 5) is 13.9. The van der Waals surface area contributed by atoms with Gasteiger partial charge < -0.3 is 19.8 Å². The second-order valence-corrected chi connectivity index (χ2v) is 4.56. The molecular weight excluding hydrogens is 220 g/mol. The van der Waals surface area contributed by atoms with Crippen molar-refractivity contribution in [3.05, 3.63) is 24.2 Å². The highest BCUT2D eigenvalue weighted by Crippen LogP contribution is 2.20. The number of ether oxygens (including phenoxy) is 1. The quantitative estimate of drug-likeness (QED) is 0.843. The lowest BCUT2D eigenvalue weighted by molar-refractivity contribution is -0.139. The van der Waals surface area contributed by atoms with E-state index in [4.69, 9.17) is 14.9 Å². The van der Waals surface area contributed by atoms with E-state index in [1.54, 1.807) is 24.5 Å². The molecular formula is C12H18N2O3. The molecule has 0 atom stereocenters. The van der Waals surface area contributed by atoms with Crippen molar-refractivity contribution in [1.82, 2.24) is 4.90 Å². The zero-order valence-electron chi connectivity index (χ0n) is 10.0. The molecule has 0 bridgehead atoms. The van der Waals surface area contributed by atoms with Gasteiger partial charge in [-0.15, -0.1) is 0 Å². The summed E-state index contributed by atoms with van der Waals surface area (Å²) in [5.74, 6) is -0.0259. The fourth-order valence-electron chi connectivity index (χ4n) is 2.06. The number of carbonyl (C=O) groups is 1. The average Bonchev–Trinajstić information content (AvgIpc) is 2.81. The molecule has 1 amide bonds. The third kappa shape index (κ3) is 2.68. The molecule has 2 rings (SSSR count). The minimum Gasteiger partial charge on any atom is -0.472 e. The Morgan fingerprint density at radius 1 is 1.53 bits per heavy atom. The second kappa shape index (κ2) is 4.89. The molecule has 2 N–H and O–H groups in total. The van der Waals surface area contributed by atoms with E-state index in [1.807, 2.05) is 6.07 Å². The molecule has 2 heterocycles. The normalized spacial score (nSPS) is 18.9. The van der Waals surface area contributed by atoms with Gasteiger partial charge in [-0.2, -0.15) is 0 Å². The van der Waals surface area contributed by atoms with Crippen LogP contribution in [0.25, 0.3) is 0 Å². The summed E-state index contributed by atoms with van der Waals surface area (Å²) < 4.78 is 10.2. The molecule has 5 heteroatoms. The maximum Gasteiger partial charge on any atom is 0.242 e. The van der Waals surface area contributed by atoms with Gasteiger partial charge in [0.15, 0.2) is 0 Å². The van der Waals surface area contributed by atoms with E-state index < -0.39 is 5.54 Å². The number of likely N-dealkylation sites (N-methyl/N-ethyl adjacent to an activating group) is 1. The minimum absolute atomic E-state index is 0.0259. The van der Waals surface area contributed by atoms with Gasteiger partial charge in [0.2, 0.25) is 5.91 Å². The van der Waals surface area contributed by atoms with Gasteiger partial charge >= 0.3 is 0 Å². The summed E-state index contributed by atoms with van der Waals surface area (Å²) in [6.45, 7) is 1.64. The summed E-state index contributed by atoms with van der Waals surface area (Å²) in [6.07, 6.45) is 4.40. The number of furan rings is 1. The zero-order chi connectivity index (χ0) is 12.3. The number of nitrogens with two attached hydrogens (primary N) is 1. The topological polar surface area (TPSA) is 68.7 Å². The standard InChI is InChI=1S/C12H18N2O3/c1-14(8-10-2-5-17-9-10)11(15)12(13)3-6-16-7-4-12/h2,5,9H,3-4,6-8,13H2,1H3. The lowest BCUT2D eigenvalue weighted by atomic mass is 9.90. The van der Waals surface area contributed by atoms with Crippen molar-refractivity contribution in [3.8, 4) is 0 Å². The molecule has 1 aliphatic heterocycles. The number of carbonyl (C=O) groups excluding carboxylic acids is 1. The minimum atomic E-state index is -0.767. The molecule has 1 aromatic rings. The first-order valence-electron chi connectivity index (χ1n) is 5.75. The van der Waals surface area contributed by atoms with Crippen LogP contribution in [0.4, 0.5) is 0 Å². The highest BCUT2D eigenvalue weighted by molar-refractivity contribution is 5.86. The Kier molecular flexibility index (Phi) is 3.49. The van der Waals surface area contributed by atoms with Crippen LogP contribution in [0, 0.1) is 0 Å². The third-order valence-electron chi connectivity index (χ3n) is 3.16. The smallest absolute Gasteiger partial charge is 0.242 e. The highest BCUT2D eigenvalue weighted by Gasteiger charge is 2.37. The van der Waals surface area contributed by atoms with E-state index in [2.05, 4.69) is 0 Å². The molecule has 1 saturated heterocycles. The molecule has 1 aromatic heterocycles. The lowest BCUT2D eigenvalue weighted by Gasteiger charge is -2.35. The van der Waals surface area contributed by atoms with Gasteiger partial charge in [0.25, 0.3) is 0 Å². The molecule has 0 aliphatic carbocycles. The molecule has 17 heavy (non-hydrogen) atoms. The molecule has 1 fully saturated rings. The summed E-state index contributed by atoms with van der Waals surface area (Å²) in [6, 6.07) is 1.84. The third-order valence-corrected chi connectivity index (χ3v) is 3.16. The molecule has 0 saturated carbocycles. The zero-order valence-corrected chi connectivity index (χ0v) is 10.0. The summed E-state index contributed by atoms with van der Waals surface area (Å²) in [5.41, 5.74) is 6.34. The van der Waals surface area contributed by atoms with Gasteiger partial charge in [0, 0.05) is 32.4 Å². The van der Waals surface area contributed by atoms with Crippen LogP contribution in [0.3, 0.4) is 0 Å². The number of hydrogen-bond donors (Lipinski definition) is 1. The first-order valence-corrected chi connectivity index (χ1v) is 5.75. The maximum atomic E-state index is 12.3. The molecule has 5 nitrogen and oxygen atoms in total. The number of amides is 1. The molecule has 0 aromatic carbocycles. The molecule has 0 unspecified atom stereocenters.